The second-order valence-electron chi connectivity index (χ2n) is 4.73. The molecule has 2 rings (SSSR count). The van der Waals surface area contributed by atoms with E-state index in [1.165, 1.54) is 0 Å². The standard InChI is InChI=1S/C17H21N3O/c1-3-11-19-16-8-6-5-7-15(16)17(21)20(4-2)14-9-12-18-13-10-14/h5-10,12-13,19H,3-4,11H2,1-2H3. The van der Waals surface area contributed by atoms with Crippen LogP contribution >= 0.6 is 0 Å². The number of carbonyl (C=O) groups excluding carboxylic acids is 1. The van der Waals surface area contributed by atoms with E-state index in [4.69, 9.17) is 0 Å². The van der Waals surface area contributed by atoms with Crippen molar-refractivity contribution in [1.82, 2.24) is 4.98 Å². The molecular formula is C17H21N3O. The van der Waals surface area contributed by atoms with E-state index >= 15 is 0 Å². The van der Waals surface area contributed by atoms with Crippen LogP contribution in [0.5, 0.6) is 0 Å². The van der Waals surface area contributed by atoms with Gasteiger partial charge in [0, 0.05) is 36.9 Å². The molecule has 0 aliphatic heterocycles. The van der Waals surface area contributed by atoms with E-state index in [1.54, 1.807) is 17.3 Å². The minimum absolute atomic E-state index is 0.00269. The number of hydrogen-bond acceptors (Lipinski definition) is 3. The van der Waals surface area contributed by atoms with Crippen molar-refractivity contribution >= 4 is 17.3 Å². The van der Waals surface area contributed by atoms with E-state index in [1.807, 2.05) is 43.3 Å². The number of nitrogens with zero attached hydrogens (tertiary/aromatic N) is 2. The maximum atomic E-state index is 12.8. The lowest BCUT2D eigenvalue weighted by atomic mass is 10.1. The van der Waals surface area contributed by atoms with Crippen molar-refractivity contribution in [3.63, 3.8) is 0 Å². The highest BCUT2D eigenvalue weighted by Crippen LogP contribution is 2.21. The van der Waals surface area contributed by atoms with Crippen molar-refractivity contribution in [2.45, 2.75) is 20.3 Å². The average molecular weight is 283 g/mol. The molecule has 0 aliphatic carbocycles. The number of pyridine rings is 1. The van der Waals surface area contributed by atoms with Gasteiger partial charge in [-0.2, -0.15) is 0 Å². The van der Waals surface area contributed by atoms with Gasteiger partial charge in [0.25, 0.3) is 5.91 Å². The van der Waals surface area contributed by atoms with E-state index in [2.05, 4.69) is 17.2 Å². The fourth-order valence-electron chi connectivity index (χ4n) is 2.20. The van der Waals surface area contributed by atoms with Crippen LogP contribution in [0.3, 0.4) is 0 Å². The van der Waals surface area contributed by atoms with Gasteiger partial charge in [-0.15, -0.1) is 0 Å². The van der Waals surface area contributed by atoms with Gasteiger partial charge in [0.2, 0.25) is 0 Å². The molecule has 1 aromatic heterocycles. The number of para-hydroxylation sites is 1. The molecule has 21 heavy (non-hydrogen) atoms. The maximum absolute atomic E-state index is 12.8. The van der Waals surface area contributed by atoms with Gasteiger partial charge in [-0.3, -0.25) is 9.78 Å². The number of benzene rings is 1. The van der Waals surface area contributed by atoms with Crippen molar-refractivity contribution in [3.05, 3.63) is 54.4 Å². The third-order valence-corrected chi connectivity index (χ3v) is 3.26. The number of aromatic nitrogens is 1. The van der Waals surface area contributed by atoms with Crippen LogP contribution in [0.2, 0.25) is 0 Å². The summed E-state index contributed by atoms with van der Waals surface area (Å²) in [5.41, 5.74) is 2.45. The second-order valence-corrected chi connectivity index (χ2v) is 4.73. The highest BCUT2D eigenvalue weighted by atomic mass is 16.2. The summed E-state index contributed by atoms with van der Waals surface area (Å²) in [6, 6.07) is 11.3. The van der Waals surface area contributed by atoms with Gasteiger partial charge in [0.05, 0.1) is 5.56 Å². The Morgan fingerprint density at radius 1 is 1.14 bits per heavy atom. The van der Waals surface area contributed by atoms with Crippen LogP contribution in [0, 0.1) is 0 Å². The number of rotatable bonds is 6. The van der Waals surface area contributed by atoms with Crippen LogP contribution in [0.15, 0.2) is 48.8 Å². The summed E-state index contributed by atoms with van der Waals surface area (Å²) in [4.78, 5) is 18.6. The Bertz CT molecular complexity index is 584. The minimum atomic E-state index is 0.00269. The summed E-state index contributed by atoms with van der Waals surface area (Å²) in [6.07, 6.45) is 4.42. The maximum Gasteiger partial charge on any atom is 0.260 e. The normalized spacial score (nSPS) is 10.2. The monoisotopic (exact) mass is 283 g/mol. The molecule has 0 spiro atoms. The largest absolute Gasteiger partial charge is 0.384 e. The first-order valence-electron chi connectivity index (χ1n) is 7.32. The van der Waals surface area contributed by atoms with E-state index < -0.39 is 0 Å². The Balaban J connectivity index is 2.30. The molecule has 4 heteroatoms. The quantitative estimate of drug-likeness (QED) is 0.881. The highest BCUT2D eigenvalue weighted by Gasteiger charge is 2.18. The van der Waals surface area contributed by atoms with Crippen LogP contribution in [0.25, 0.3) is 0 Å². The molecule has 1 aromatic carbocycles. The number of nitrogens with one attached hydrogen (secondary N) is 1. The molecule has 1 heterocycles. The lowest BCUT2D eigenvalue weighted by molar-refractivity contribution is 0.0989. The van der Waals surface area contributed by atoms with Crippen LogP contribution < -0.4 is 10.2 Å². The van der Waals surface area contributed by atoms with Crippen molar-refractivity contribution in [2.75, 3.05) is 23.3 Å². The summed E-state index contributed by atoms with van der Waals surface area (Å²) < 4.78 is 0. The SMILES string of the molecule is CCCNc1ccccc1C(=O)N(CC)c1ccncc1. The third kappa shape index (κ3) is 3.60. The molecular weight excluding hydrogens is 262 g/mol. The first-order chi connectivity index (χ1) is 10.3. The van der Waals surface area contributed by atoms with E-state index in [9.17, 15) is 4.79 Å². The van der Waals surface area contributed by atoms with Crippen LogP contribution in [-0.2, 0) is 0 Å². The van der Waals surface area contributed by atoms with Crippen LogP contribution in [0.1, 0.15) is 30.6 Å². The first kappa shape index (κ1) is 15.0. The van der Waals surface area contributed by atoms with Crippen molar-refractivity contribution < 1.29 is 4.79 Å². The number of hydrogen-bond donors (Lipinski definition) is 1. The topological polar surface area (TPSA) is 45.2 Å². The summed E-state index contributed by atoms with van der Waals surface area (Å²) in [6.45, 7) is 5.55. The lowest BCUT2D eigenvalue weighted by Crippen LogP contribution is -2.31. The smallest absolute Gasteiger partial charge is 0.260 e. The number of anilines is 2. The summed E-state index contributed by atoms with van der Waals surface area (Å²) in [5.74, 6) is 0.00269. The molecule has 0 saturated carbocycles. The molecule has 1 N–H and O–H groups in total. The molecule has 2 aromatic rings. The zero-order chi connectivity index (χ0) is 15.1. The Kier molecular flexibility index (Phi) is 5.32. The summed E-state index contributed by atoms with van der Waals surface area (Å²) in [5, 5.41) is 3.31. The average Bonchev–Trinajstić information content (AvgIpc) is 2.55. The van der Waals surface area contributed by atoms with E-state index in [0.29, 0.717) is 12.1 Å². The number of carbonyl (C=O) groups is 1. The van der Waals surface area contributed by atoms with E-state index in [-0.39, 0.29) is 5.91 Å². The zero-order valence-electron chi connectivity index (χ0n) is 12.5. The minimum Gasteiger partial charge on any atom is -0.384 e. The first-order valence-corrected chi connectivity index (χ1v) is 7.32. The van der Waals surface area contributed by atoms with Crippen LogP contribution in [-0.4, -0.2) is 24.0 Å². The predicted octanol–water partition coefficient (Wildman–Crippen LogP) is 3.57. The molecule has 0 bridgehead atoms. The molecule has 1 amide bonds. The van der Waals surface area contributed by atoms with Gasteiger partial charge in [-0.25, -0.2) is 0 Å². The Morgan fingerprint density at radius 3 is 2.52 bits per heavy atom. The summed E-state index contributed by atoms with van der Waals surface area (Å²) in [7, 11) is 0. The van der Waals surface area contributed by atoms with Gasteiger partial charge >= 0.3 is 0 Å². The molecule has 110 valence electrons. The van der Waals surface area contributed by atoms with Gasteiger partial charge in [-0.1, -0.05) is 19.1 Å². The Labute approximate surface area is 125 Å². The number of amides is 1. The second kappa shape index (κ2) is 7.43. The van der Waals surface area contributed by atoms with Crippen molar-refractivity contribution in [1.29, 1.82) is 0 Å². The van der Waals surface area contributed by atoms with Gasteiger partial charge in [0.15, 0.2) is 0 Å². The fraction of sp³-hybridized carbons (Fsp3) is 0.294. The van der Waals surface area contributed by atoms with Crippen LogP contribution in [0.4, 0.5) is 11.4 Å². The lowest BCUT2D eigenvalue weighted by Gasteiger charge is -2.22. The van der Waals surface area contributed by atoms with Gasteiger partial charge in [-0.05, 0) is 37.6 Å². The van der Waals surface area contributed by atoms with Gasteiger partial charge < -0.3 is 10.2 Å². The van der Waals surface area contributed by atoms with Gasteiger partial charge in [0.1, 0.15) is 0 Å². The molecule has 0 fully saturated rings. The predicted molar refractivity (Wildman–Crippen MR) is 86.8 cm³/mol. The Hall–Kier alpha value is -2.36. The molecule has 0 radical (unpaired) electrons. The fourth-order valence-corrected chi connectivity index (χ4v) is 2.20. The molecule has 0 unspecified atom stereocenters. The molecule has 4 nitrogen and oxygen atoms in total. The summed E-state index contributed by atoms with van der Waals surface area (Å²) >= 11 is 0. The Morgan fingerprint density at radius 2 is 1.86 bits per heavy atom. The van der Waals surface area contributed by atoms with E-state index in [0.717, 1.165) is 24.3 Å². The van der Waals surface area contributed by atoms with Crippen molar-refractivity contribution in [3.8, 4) is 0 Å². The third-order valence-electron chi connectivity index (χ3n) is 3.26. The molecule has 0 atom stereocenters. The zero-order valence-corrected chi connectivity index (χ0v) is 12.5. The molecule has 0 saturated heterocycles. The highest BCUT2D eigenvalue weighted by molar-refractivity contribution is 6.09. The molecule has 0 aliphatic rings. The van der Waals surface area contributed by atoms with Crippen molar-refractivity contribution in [2.24, 2.45) is 0 Å².